The van der Waals surface area contributed by atoms with Gasteiger partial charge in [-0.05, 0) is 12.0 Å². The second-order valence-electron chi connectivity index (χ2n) is 3.91. The first-order valence-corrected chi connectivity index (χ1v) is 5.61. The Morgan fingerprint density at radius 2 is 2.06 bits per heavy atom. The van der Waals surface area contributed by atoms with Crippen LogP contribution >= 0.6 is 0 Å². The van der Waals surface area contributed by atoms with Crippen LogP contribution in [0.4, 0.5) is 0 Å². The van der Waals surface area contributed by atoms with Crippen molar-refractivity contribution in [1.82, 2.24) is 9.55 Å². The molecule has 2 rings (SSSR count). The molecule has 4 heteroatoms. The van der Waals surface area contributed by atoms with Crippen LogP contribution in [0.2, 0.25) is 0 Å². The van der Waals surface area contributed by atoms with E-state index >= 15 is 0 Å². The van der Waals surface area contributed by atoms with Crippen molar-refractivity contribution in [3.63, 3.8) is 0 Å². The fourth-order valence-corrected chi connectivity index (χ4v) is 1.77. The molecule has 0 aliphatic rings. The number of hydrogen-bond acceptors (Lipinski definition) is 2. The lowest BCUT2D eigenvalue weighted by Gasteiger charge is -2.07. The van der Waals surface area contributed by atoms with E-state index in [4.69, 9.17) is 5.73 Å². The van der Waals surface area contributed by atoms with Crippen LogP contribution in [0.3, 0.4) is 0 Å². The highest BCUT2D eigenvalue weighted by Gasteiger charge is 2.04. The lowest BCUT2D eigenvalue weighted by molar-refractivity contribution is -0.118. The Kier molecular flexibility index (Phi) is 3.55. The van der Waals surface area contributed by atoms with Gasteiger partial charge in [0.1, 0.15) is 0 Å². The Labute approximate surface area is 100 Å². The molecule has 0 saturated carbocycles. The monoisotopic (exact) mass is 229 g/mol. The molecule has 2 aromatic rings. The van der Waals surface area contributed by atoms with Crippen LogP contribution in [0.5, 0.6) is 0 Å². The lowest BCUT2D eigenvalue weighted by atomic mass is 10.1. The molecular formula is C13H15N3O. The number of nitrogens with zero attached hydrogens (tertiary/aromatic N) is 2. The normalized spacial score (nSPS) is 10.4. The highest BCUT2D eigenvalue weighted by molar-refractivity contribution is 5.73. The largest absolute Gasteiger partial charge is 0.370 e. The summed E-state index contributed by atoms with van der Waals surface area (Å²) in [6.07, 6.45) is 4.76. The van der Waals surface area contributed by atoms with Crippen molar-refractivity contribution in [2.24, 2.45) is 5.73 Å². The molecule has 88 valence electrons. The fraction of sp³-hybridized carbons (Fsp3) is 0.231. The Morgan fingerprint density at radius 1 is 1.29 bits per heavy atom. The summed E-state index contributed by atoms with van der Waals surface area (Å²) in [6.45, 7) is 0.757. The maximum atomic E-state index is 10.7. The van der Waals surface area contributed by atoms with Crippen LogP contribution in [0.25, 0.3) is 11.3 Å². The van der Waals surface area contributed by atoms with Gasteiger partial charge in [0, 0.05) is 13.0 Å². The summed E-state index contributed by atoms with van der Waals surface area (Å²) in [4.78, 5) is 14.8. The molecule has 1 heterocycles. The summed E-state index contributed by atoms with van der Waals surface area (Å²) in [6, 6.07) is 10.1. The molecule has 0 radical (unpaired) electrons. The van der Waals surface area contributed by atoms with Crippen LogP contribution in [-0.2, 0) is 11.3 Å². The first-order chi connectivity index (χ1) is 8.27. The van der Waals surface area contributed by atoms with Gasteiger partial charge in [-0.3, -0.25) is 4.79 Å². The average molecular weight is 229 g/mol. The summed E-state index contributed by atoms with van der Waals surface area (Å²) in [7, 11) is 0. The highest BCUT2D eigenvalue weighted by atomic mass is 16.1. The summed E-state index contributed by atoms with van der Waals surface area (Å²) in [5.41, 5.74) is 7.31. The minimum absolute atomic E-state index is 0.258. The number of nitrogens with two attached hydrogens (primary N) is 1. The van der Waals surface area contributed by atoms with Gasteiger partial charge in [-0.1, -0.05) is 30.3 Å². The molecule has 0 spiro atoms. The molecule has 4 nitrogen and oxygen atoms in total. The van der Waals surface area contributed by atoms with Gasteiger partial charge in [-0.15, -0.1) is 0 Å². The maximum absolute atomic E-state index is 10.7. The molecule has 1 aromatic carbocycles. The van der Waals surface area contributed by atoms with Gasteiger partial charge in [0.25, 0.3) is 0 Å². The van der Waals surface area contributed by atoms with Gasteiger partial charge < -0.3 is 10.3 Å². The molecule has 1 amide bonds. The fourth-order valence-electron chi connectivity index (χ4n) is 1.77. The number of aromatic nitrogens is 2. The average Bonchev–Trinajstić information content (AvgIpc) is 2.78. The number of carbonyl (C=O) groups excluding carboxylic acids is 1. The smallest absolute Gasteiger partial charge is 0.217 e. The molecule has 1 aromatic heterocycles. The third-order valence-corrected chi connectivity index (χ3v) is 2.60. The van der Waals surface area contributed by atoms with Crippen molar-refractivity contribution in [3.8, 4) is 11.3 Å². The second kappa shape index (κ2) is 5.30. The van der Waals surface area contributed by atoms with Crippen molar-refractivity contribution < 1.29 is 4.79 Å². The Hall–Kier alpha value is -2.10. The van der Waals surface area contributed by atoms with Crippen molar-refractivity contribution in [2.45, 2.75) is 19.4 Å². The molecule has 0 bridgehead atoms. The maximum Gasteiger partial charge on any atom is 0.217 e. The van der Waals surface area contributed by atoms with Crippen molar-refractivity contribution in [2.75, 3.05) is 0 Å². The zero-order valence-corrected chi connectivity index (χ0v) is 9.54. The van der Waals surface area contributed by atoms with Gasteiger partial charge in [-0.2, -0.15) is 0 Å². The molecule has 0 atom stereocenters. The van der Waals surface area contributed by atoms with E-state index in [9.17, 15) is 4.79 Å². The first-order valence-electron chi connectivity index (χ1n) is 5.61. The number of rotatable bonds is 5. The molecular weight excluding hydrogens is 214 g/mol. The number of imidazole rings is 1. The number of primary amides is 1. The highest BCUT2D eigenvalue weighted by Crippen LogP contribution is 2.18. The van der Waals surface area contributed by atoms with Crippen LogP contribution in [-0.4, -0.2) is 15.5 Å². The van der Waals surface area contributed by atoms with Crippen molar-refractivity contribution in [1.29, 1.82) is 0 Å². The van der Waals surface area contributed by atoms with E-state index < -0.39 is 0 Å². The quantitative estimate of drug-likeness (QED) is 0.850. The molecule has 17 heavy (non-hydrogen) atoms. The molecule has 0 aliphatic carbocycles. The van der Waals surface area contributed by atoms with Gasteiger partial charge in [0.15, 0.2) is 0 Å². The van der Waals surface area contributed by atoms with Crippen LogP contribution in [0.1, 0.15) is 12.8 Å². The van der Waals surface area contributed by atoms with E-state index in [1.54, 1.807) is 6.33 Å². The van der Waals surface area contributed by atoms with Gasteiger partial charge in [-0.25, -0.2) is 4.98 Å². The summed E-state index contributed by atoms with van der Waals surface area (Å²) >= 11 is 0. The van der Waals surface area contributed by atoms with E-state index in [1.165, 1.54) is 0 Å². The Balaban J connectivity index is 2.10. The zero-order valence-electron chi connectivity index (χ0n) is 9.54. The van der Waals surface area contributed by atoms with E-state index in [2.05, 4.69) is 4.98 Å². The summed E-state index contributed by atoms with van der Waals surface area (Å²) in [5, 5.41) is 0. The predicted molar refractivity (Wildman–Crippen MR) is 66.1 cm³/mol. The van der Waals surface area contributed by atoms with E-state index in [1.807, 2.05) is 41.1 Å². The minimum Gasteiger partial charge on any atom is -0.370 e. The summed E-state index contributed by atoms with van der Waals surface area (Å²) < 4.78 is 2.04. The van der Waals surface area contributed by atoms with Gasteiger partial charge in [0.2, 0.25) is 5.91 Å². The third-order valence-electron chi connectivity index (χ3n) is 2.60. The number of benzene rings is 1. The molecule has 0 aliphatic heterocycles. The van der Waals surface area contributed by atoms with E-state index in [-0.39, 0.29) is 5.91 Å². The van der Waals surface area contributed by atoms with Crippen LogP contribution < -0.4 is 5.73 Å². The second-order valence-corrected chi connectivity index (χ2v) is 3.91. The van der Waals surface area contributed by atoms with E-state index in [0.29, 0.717) is 6.42 Å². The number of hydrogen-bond donors (Lipinski definition) is 1. The number of carbonyl (C=O) groups is 1. The zero-order chi connectivity index (χ0) is 12.1. The van der Waals surface area contributed by atoms with Crippen molar-refractivity contribution >= 4 is 5.91 Å². The standard InChI is InChI=1S/C13H15N3O/c14-13(17)7-4-8-16-10-15-9-12(16)11-5-2-1-3-6-11/h1-3,5-6,9-10H,4,7-8H2,(H2,14,17). The SMILES string of the molecule is NC(=O)CCCn1cncc1-c1ccccc1. The predicted octanol–water partition coefficient (Wildman–Crippen LogP) is 1.82. The lowest BCUT2D eigenvalue weighted by Crippen LogP contribution is -2.11. The van der Waals surface area contributed by atoms with Crippen molar-refractivity contribution in [3.05, 3.63) is 42.9 Å². The first kappa shape index (κ1) is 11.4. The third kappa shape index (κ3) is 2.93. The number of aryl methyl sites for hydroxylation is 1. The van der Waals surface area contributed by atoms with Gasteiger partial charge in [0.05, 0.1) is 18.2 Å². The molecule has 2 N–H and O–H groups in total. The molecule has 0 fully saturated rings. The minimum atomic E-state index is -0.258. The Bertz CT molecular complexity index is 490. The van der Waals surface area contributed by atoms with Crippen LogP contribution in [0, 0.1) is 0 Å². The molecule has 0 saturated heterocycles. The van der Waals surface area contributed by atoms with Crippen LogP contribution in [0.15, 0.2) is 42.9 Å². The van der Waals surface area contributed by atoms with E-state index in [0.717, 1.165) is 24.2 Å². The Morgan fingerprint density at radius 3 is 2.76 bits per heavy atom. The van der Waals surface area contributed by atoms with Gasteiger partial charge >= 0.3 is 0 Å². The number of amides is 1. The summed E-state index contributed by atoms with van der Waals surface area (Å²) in [5.74, 6) is -0.258. The molecule has 0 unspecified atom stereocenters. The topological polar surface area (TPSA) is 60.9 Å².